The zero-order chi connectivity index (χ0) is 14.0. The monoisotopic (exact) mass is 305 g/mol. The van der Waals surface area contributed by atoms with Gasteiger partial charge in [-0.15, -0.1) is 0 Å². The minimum absolute atomic E-state index is 0.0907. The fraction of sp³-hybridized carbons (Fsp3) is 0.0909. The van der Waals surface area contributed by atoms with Crippen LogP contribution in [0.25, 0.3) is 0 Å². The van der Waals surface area contributed by atoms with Crippen molar-refractivity contribution in [1.29, 1.82) is 0 Å². The summed E-state index contributed by atoms with van der Waals surface area (Å²) in [6, 6.07) is 7.60. The molecule has 0 saturated carbocycles. The van der Waals surface area contributed by atoms with Crippen molar-refractivity contribution in [3.63, 3.8) is 0 Å². The highest BCUT2D eigenvalue weighted by Crippen LogP contribution is 2.35. The van der Waals surface area contributed by atoms with Crippen LogP contribution in [0.4, 0.5) is 19.1 Å². The Hall–Kier alpha value is -1.47. The van der Waals surface area contributed by atoms with Crippen molar-refractivity contribution >= 4 is 29.3 Å². The van der Waals surface area contributed by atoms with Crippen LogP contribution < -0.4 is 5.73 Å². The first kappa shape index (κ1) is 14.0. The normalized spacial score (nSPS) is 11.6. The summed E-state index contributed by atoms with van der Waals surface area (Å²) in [4.78, 5) is 7.51. The lowest BCUT2D eigenvalue weighted by Crippen LogP contribution is -2.11. The first-order valence-electron chi connectivity index (χ1n) is 5.00. The lowest BCUT2D eigenvalue weighted by Gasteiger charge is -2.08. The molecular formula is C11H7ClF3N3S. The molecule has 100 valence electrons. The van der Waals surface area contributed by atoms with Gasteiger partial charge in [0.2, 0.25) is 5.95 Å². The lowest BCUT2D eigenvalue weighted by molar-refractivity contribution is -0.141. The average molecular weight is 306 g/mol. The Balaban J connectivity index is 2.36. The van der Waals surface area contributed by atoms with E-state index in [2.05, 4.69) is 9.97 Å². The number of alkyl halides is 3. The Morgan fingerprint density at radius 3 is 2.47 bits per heavy atom. The van der Waals surface area contributed by atoms with E-state index in [0.717, 1.165) is 17.8 Å². The van der Waals surface area contributed by atoms with Crippen LogP contribution in [0.3, 0.4) is 0 Å². The number of hydrogen-bond donors (Lipinski definition) is 1. The van der Waals surface area contributed by atoms with Crippen LogP contribution in [-0.2, 0) is 6.18 Å². The zero-order valence-electron chi connectivity index (χ0n) is 9.28. The van der Waals surface area contributed by atoms with E-state index < -0.39 is 17.8 Å². The summed E-state index contributed by atoms with van der Waals surface area (Å²) in [7, 11) is 0. The molecule has 1 aromatic carbocycles. The summed E-state index contributed by atoms with van der Waals surface area (Å²) in [5.74, 6) is -0.427. The summed E-state index contributed by atoms with van der Waals surface area (Å²) in [5, 5.41) is 0.520. The summed E-state index contributed by atoms with van der Waals surface area (Å²) in [6.45, 7) is 0. The topological polar surface area (TPSA) is 51.8 Å². The Morgan fingerprint density at radius 1 is 1.16 bits per heavy atom. The van der Waals surface area contributed by atoms with E-state index in [-0.39, 0.29) is 5.03 Å². The number of rotatable bonds is 2. The van der Waals surface area contributed by atoms with Crippen molar-refractivity contribution in [3.05, 3.63) is 41.0 Å². The molecule has 2 N–H and O–H groups in total. The minimum Gasteiger partial charge on any atom is -0.368 e. The summed E-state index contributed by atoms with van der Waals surface area (Å²) in [5.41, 5.74) is 4.20. The molecular weight excluding hydrogens is 299 g/mol. The molecule has 0 aliphatic rings. The van der Waals surface area contributed by atoms with Crippen LogP contribution >= 0.6 is 23.4 Å². The zero-order valence-corrected chi connectivity index (χ0v) is 10.9. The number of hydrogen-bond acceptors (Lipinski definition) is 4. The summed E-state index contributed by atoms with van der Waals surface area (Å²) < 4.78 is 37.8. The molecule has 1 aromatic heterocycles. The highest BCUT2D eigenvalue weighted by molar-refractivity contribution is 7.99. The Kier molecular flexibility index (Phi) is 3.86. The van der Waals surface area contributed by atoms with Crippen molar-refractivity contribution in [3.8, 4) is 0 Å². The van der Waals surface area contributed by atoms with Crippen molar-refractivity contribution in [1.82, 2.24) is 9.97 Å². The fourth-order valence-electron chi connectivity index (χ4n) is 1.28. The molecule has 0 aliphatic carbocycles. The van der Waals surface area contributed by atoms with Gasteiger partial charge in [-0.2, -0.15) is 13.2 Å². The van der Waals surface area contributed by atoms with Crippen LogP contribution in [0.15, 0.2) is 40.3 Å². The first-order valence-corrected chi connectivity index (χ1v) is 6.20. The lowest BCUT2D eigenvalue weighted by atomic mass is 10.4. The maximum Gasteiger partial charge on any atom is 0.433 e. The minimum atomic E-state index is -4.56. The summed E-state index contributed by atoms with van der Waals surface area (Å²) in [6.07, 6.45) is -4.56. The van der Waals surface area contributed by atoms with Gasteiger partial charge in [0.05, 0.1) is 5.02 Å². The Bertz CT molecular complexity index is 604. The van der Waals surface area contributed by atoms with E-state index in [9.17, 15) is 13.2 Å². The molecule has 1 heterocycles. The van der Waals surface area contributed by atoms with Gasteiger partial charge in [-0.05, 0) is 12.1 Å². The number of aromatic nitrogens is 2. The third-order valence-electron chi connectivity index (χ3n) is 2.06. The van der Waals surface area contributed by atoms with Gasteiger partial charge < -0.3 is 5.73 Å². The van der Waals surface area contributed by atoms with Crippen molar-refractivity contribution in [2.24, 2.45) is 0 Å². The molecule has 0 radical (unpaired) electrons. The second-order valence-electron chi connectivity index (χ2n) is 3.48. The van der Waals surface area contributed by atoms with Crippen molar-refractivity contribution in [2.45, 2.75) is 16.1 Å². The van der Waals surface area contributed by atoms with E-state index in [1.807, 2.05) is 0 Å². The standard InChI is InChI=1S/C11H7ClF3N3S/c12-6-3-1-2-4-7(6)19-9-5-8(11(13,14)15)17-10(16)18-9/h1-5H,(H2,16,17,18). The van der Waals surface area contributed by atoms with Gasteiger partial charge in [0.1, 0.15) is 5.03 Å². The predicted octanol–water partition coefficient (Wildman–Crippen LogP) is 3.88. The molecule has 0 aliphatic heterocycles. The maximum absolute atomic E-state index is 12.6. The van der Waals surface area contributed by atoms with E-state index in [1.54, 1.807) is 24.3 Å². The maximum atomic E-state index is 12.6. The van der Waals surface area contributed by atoms with Gasteiger partial charge in [-0.25, -0.2) is 9.97 Å². The van der Waals surface area contributed by atoms with Gasteiger partial charge >= 0.3 is 6.18 Å². The molecule has 3 nitrogen and oxygen atoms in total. The SMILES string of the molecule is Nc1nc(Sc2ccccc2Cl)cc(C(F)(F)F)n1. The molecule has 0 amide bonds. The Morgan fingerprint density at radius 2 is 1.84 bits per heavy atom. The van der Waals surface area contributed by atoms with Gasteiger partial charge in [0.15, 0.2) is 5.69 Å². The molecule has 0 fully saturated rings. The highest BCUT2D eigenvalue weighted by Gasteiger charge is 2.33. The number of nitrogens with two attached hydrogens (primary N) is 1. The molecule has 2 rings (SSSR count). The number of nitrogens with zero attached hydrogens (tertiary/aromatic N) is 2. The van der Waals surface area contributed by atoms with Crippen LogP contribution in [0, 0.1) is 0 Å². The van der Waals surface area contributed by atoms with E-state index in [0.29, 0.717) is 9.92 Å². The van der Waals surface area contributed by atoms with E-state index in [1.165, 1.54) is 0 Å². The van der Waals surface area contributed by atoms with Crippen molar-refractivity contribution in [2.75, 3.05) is 5.73 Å². The molecule has 0 atom stereocenters. The smallest absolute Gasteiger partial charge is 0.368 e. The second-order valence-corrected chi connectivity index (χ2v) is 4.95. The van der Waals surface area contributed by atoms with Crippen LogP contribution in [0.2, 0.25) is 5.02 Å². The number of halogens is 4. The molecule has 0 unspecified atom stereocenters. The van der Waals surface area contributed by atoms with Crippen LogP contribution in [0.5, 0.6) is 0 Å². The molecule has 0 saturated heterocycles. The molecule has 2 aromatic rings. The largest absolute Gasteiger partial charge is 0.433 e. The molecule has 19 heavy (non-hydrogen) atoms. The van der Waals surface area contributed by atoms with Gasteiger partial charge in [0, 0.05) is 11.0 Å². The highest BCUT2D eigenvalue weighted by atomic mass is 35.5. The molecule has 0 spiro atoms. The van der Waals surface area contributed by atoms with E-state index >= 15 is 0 Å². The van der Waals surface area contributed by atoms with E-state index in [4.69, 9.17) is 17.3 Å². The average Bonchev–Trinajstić information content (AvgIpc) is 2.30. The molecule has 0 bridgehead atoms. The quantitative estimate of drug-likeness (QED) is 0.855. The van der Waals surface area contributed by atoms with Gasteiger partial charge in [-0.1, -0.05) is 35.5 Å². The van der Waals surface area contributed by atoms with Crippen molar-refractivity contribution < 1.29 is 13.2 Å². The second kappa shape index (κ2) is 5.26. The first-order chi connectivity index (χ1) is 8.86. The number of nitrogen functional groups attached to an aromatic ring is 1. The van der Waals surface area contributed by atoms with Crippen LogP contribution in [0.1, 0.15) is 5.69 Å². The third-order valence-corrected chi connectivity index (χ3v) is 3.50. The molecule has 8 heteroatoms. The summed E-state index contributed by atoms with van der Waals surface area (Å²) >= 11 is 6.92. The Labute approximate surface area is 116 Å². The predicted molar refractivity (Wildman–Crippen MR) is 67.0 cm³/mol. The fourth-order valence-corrected chi connectivity index (χ4v) is 2.38. The van der Waals surface area contributed by atoms with Gasteiger partial charge in [0.25, 0.3) is 0 Å². The number of benzene rings is 1. The van der Waals surface area contributed by atoms with Gasteiger partial charge in [-0.3, -0.25) is 0 Å². The number of anilines is 1. The third kappa shape index (κ3) is 3.51. The van der Waals surface area contributed by atoms with Crippen LogP contribution in [-0.4, -0.2) is 9.97 Å².